The third-order valence-electron chi connectivity index (χ3n) is 2.78. The first kappa shape index (κ1) is 14.7. The summed E-state index contributed by atoms with van der Waals surface area (Å²) in [6.07, 6.45) is 0.121. The molecule has 1 saturated heterocycles. The Kier molecular flexibility index (Phi) is 4.20. The minimum absolute atomic E-state index is 0.0690. The Morgan fingerprint density at radius 1 is 1.39 bits per heavy atom. The van der Waals surface area contributed by atoms with Gasteiger partial charge in [-0.15, -0.1) is 0 Å². The minimum Gasteiger partial charge on any atom is -0.444 e. The molecule has 102 valence electrons. The minimum atomic E-state index is -0.549. The van der Waals surface area contributed by atoms with Gasteiger partial charge < -0.3 is 4.74 Å². The average molecular weight is 253 g/mol. The summed E-state index contributed by atoms with van der Waals surface area (Å²) >= 11 is 0. The number of carbonyl (C=O) groups excluding carboxylic acids is 2. The fraction of sp³-hybridized carbons (Fsp3) is 0.714. The monoisotopic (exact) mass is 253 g/mol. The Bertz CT molecular complexity index is 366. The van der Waals surface area contributed by atoms with E-state index >= 15 is 0 Å². The predicted molar refractivity (Wildman–Crippen MR) is 70.3 cm³/mol. The van der Waals surface area contributed by atoms with Gasteiger partial charge in [-0.2, -0.15) is 0 Å². The highest BCUT2D eigenvalue weighted by molar-refractivity contribution is 5.90. The molecule has 0 spiro atoms. The summed E-state index contributed by atoms with van der Waals surface area (Å²) in [7, 11) is 0. The largest absolute Gasteiger partial charge is 0.444 e. The molecular weight excluding hydrogens is 230 g/mol. The van der Waals surface area contributed by atoms with Gasteiger partial charge in [0.05, 0.1) is 6.04 Å². The number of hydrogen-bond donors (Lipinski definition) is 0. The molecule has 0 unspecified atom stereocenters. The van der Waals surface area contributed by atoms with Gasteiger partial charge in [-0.3, -0.25) is 9.69 Å². The standard InChI is InChI=1S/C14H23NO3/c1-9(2)12(16)11-7-10(3)8-15(11)13(17)18-14(4,5)6/h9,11H,3,7-8H2,1-2,4-6H3/t11-/m0/s1. The summed E-state index contributed by atoms with van der Waals surface area (Å²) < 4.78 is 5.32. The molecule has 0 N–H and O–H groups in total. The van der Waals surface area contributed by atoms with Crippen molar-refractivity contribution in [1.82, 2.24) is 4.90 Å². The molecule has 4 nitrogen and oxygen atoms in total. The first-order valence-electron chi connectivity index (χ1n) is 6.32. The lowest BCUT2D eigenvalue weighted by molar-refractivity contribution is -0.126. The predicted octanol–water partition coefficient (Wildman–Crippen LogP) is 2.78. The van der Waals surface area contributed by atoms with E-state index in [1.54, 1.807) is 0 Å². The van der Waals surface area contributed by atoms with Crippen LogP contribution < -0.4 is 0 Å². The van der Waals surface area contributed by atoms with Crippen LogP contribution in [0.5, 0.6) is 0 Å². The Morgan fingerprint density at radius 3 is 2.39 bits per heavy atom. The Labute approximate surface area is 109 Å². The molecule has 0 saturated carbocycles. The number of carbonyl (C=O) groups is 2. The zero-order chi connectivity index (χ0) is 14.1. The first-order chi connectivity index (χ1) is 8.11. The Hall–Kier alpha value is -1.32. The molecule has 1 fully saturated rings. The Balaban J connectivity index is 2.82. The van der Waals surface area contributed by atoms with Crippen molar-refractivity contribution in [2.75, 3.05) is 6.54 Å². The number of likely N-dealkylation sites (tertiary alicyclic amines) is 1. The van der Waals surface area contributed by atoms with E-state index in [-0.39, 0.29) is 11.7 Å². The van der Waals surface area contributed by atoms with Crippen molar-refractivity contribution in [2.45, 2.75) is 52.7 Å². The zero-order valence-corrected chi connectivity index (χ0v) is 11.9. The fourth-order valence-corrected chi connectivity index (χ4v) is 1.95. The van der Waals surface area contributed by atoms with Crippen molar-refractivity contribution in [1.29, 1.82) is 0 Å². The SMILES string of the molecule is C=C1C[C@@H](C(=O)C(C)C)N(C(=O)OC(C)(C)C)C1. The van der Waals surface area contributed by atoms with Gasteiger partial charge in [-0.05, 0) is 27.2 Å². The number of ether oxygens (including phenoxy) is 1. The maximum absolute atomic E-state index is 12.1. The number of nitrogens with zero attached hydrogens (tertiary/aromatic N) is 1. The van der Waals surface area contributed by atoms with Crippen molar-refractivity contribution in [2.24, 2.45) is 5.92 Å². The quantitative estimate of drug-likeness (QED) is 0.711. The molecule has 0 bridgehead atoms. The molecule has 0 aromatic heterocycles. The van der Waals surface area contributed by atoms with E-state index in [2.05, 4.69) is 6.58 Å². The van der Waals surface area contributed by atoms with Crippen LogP contribution in [0.15, 0.2) is 12.2 Å². The van der Waals surface area contributed by atoms with Crippen LogP contribution in [0.1, 0.15) is 41.0 Å². The molecule has 18 heavy (non-hydrogen) atoms. The summed E-state index contributed by atoms with van der Waals surface area (Å²) in [6, 6.07) is -0.410. The molecular formula is C14H23NO3. The number of hydrogen-bond acceptors (Lipinski definition) is 3. The molecule has 0 aliphatic carbocycles. The average Bonchev–Trinajstić information content (AvgIpc) is 2.56. The van der Waals surface area contributed by atoms with E-state index in [0.717, 1.165) is 5.57 Å². The summed E-state index contributed by atoms with van der Waals surface area (Å²) in [4.78, 5) is 25.6. The lowest BCUT2D eigenvalue weighted by Gasteiger charge is -2.28. The van der Waals surface area contributed by atoms with Crippen LogP contribution in [0, 0.1) is 5.92 Å². The maximum Gasteiger partial charge on any atom is 0.411 e. The van der Waals surface area contributed by atoms with Crippen molar-refractivity contribution in [3.05, 3.63) is 12.2 Å². The van der Waals surface area contributed by atoms with Crippen molar-refractivity contribution < 1.29 is 14.3 Å². The van der Waals surface area contributed by atoms with E-state index in [4.69, 9.17) is 4.74 Å². The highest BCUT2D eigenvalue weighted by Gasteiger charge is 2.38. The zero-order valence-electron chi connectivity index (χ0n) is 11.9. The molecule has 1 rings (SSSR count). The second-order valence-corrected chi connectivity index (χ2v) is 6.14. The second kappa shape index (κ2) is 5.12. The molecule has 4 heteroatoms. The van der Waals surface area contributed by atoms with Gasteiger partial charge in [0.25, 0.3) is 0 Å². The van der Waals surface area contributed by atoms with Gasteiger partial charge in [0.1, 0.15) is 5.60 Å². The highest BCUT2D eigenvalue weighted by atomic mass is 16.6. The van der Waals surface area contributed by atoms with Crippen molar-refractivity contribution in [3.8, 4) is 0 Å². The van der Waals surface area contributed by atoms with Gasteiger partial charge >= 0.3 is 6.09 Å². The lowest BCUT2D eigenvalue weighted by atomic mass is 9.99. The summed E-state index contributed by atoms with van der Waals surface area (Å²) in [6.45, 7) is 13.4. The van der Waals surface area contributed by atoms with Gasteiger partial charge in [0.15, 0.2) is 5.78 Å². The molecule has 0 aromatic carbocycles. The summed E-state index contributed by atoms with van der Waals surface area (Å²) in [5.41, 5.74) is 0.353. The topological polar surface area (TPSA) is 46.6 Å². The lowest BCUT2D eigenvalue weighted by Crippen LogP contribution is -2.44. The van der Waals surface area contributed by atoms with Gasteiger partial charge in [0.2, 0.25) is 0 Å². The highest BCUT2D eigenvalue weighted by Crippen LogP contribution is 2.26. The van der Waals surface area contributed by atoms with Crippen LogP contribution in [0.25, 0.3) is 0 Å². The van der Waals surface area contributed by atoms with E-state index in [0.29, 0.717) is 13.0 Å². The van der Waals surface area contributed by atoms with E-state index < -0.39 is 17.7 Å². The van der Waals surface area contributed by atoms with Gasteiger partial charge in [0, 0.05) is 12.5 Å². The molecule has 0 aromatic rings. The second-order valence-electron chi connectivity index (χ2n) is 6.14. The van der Waals surface area contributed by atoms with Crippen molar-refractivity contribution >= 4 is 11.9 Å². The van der Waals surface area contributed by atoms with Crippen LogP contribution in [0.2, 0.25) is 0 Å². The number of rotatable bonds is 2. The maximum atomic E-state index is 12.1. The van der Waals surface area contributed by atoms with E-state index in [1.165, 1.54) is 4.90 Å². The van der Waals surface area contributed by atoms with E-state index in [1.807, 2.05) is 34.6 Å². The number of ketones is 1. The van der Waals surface area contributed by atoms with Crippen LogP contribution in [-0.2, 0) is 9.53 Å². The third kappa shape index (κ3) is 3.59. The molecule has 0 radical (unpaired) electrons. The molecule has 1 heterocycles. The fourth-order valence-electron chi connectivity index (χ4n) is 1.95. The Morgan fingerprint density at radius 2 is 1.94 bits per heavy atom. The number of amides is 1. The van der Waals surface area contributed by atoms with Crippen LogP contribution >= 0.6 is 0 Å². The van der Waals surface area contributed by atoms with E-state index in [9.17, 15) is 9.59 Å². The molecule has 1 aliphatic heterocycles. The summed E-state index contributed by atoms with van der Waals surface area (Å²) in [5, 5.41) is 0. The normalized spacial score (nSPS) is 20.4. The van der Waals surface area contributed by atoms with Crippen LogP contribution in [-0.4, -0.2) is 35.0 Å². The number of Topliss-reactive ketones (excluding diaryl/α,β-unsaturated/α-hetero) is 1. The third-order valence-corrected chi connectivity index (χ3v) is 2.78. The molecule has 1 amide bonds. The van der Waals surface area contributed by atoms with Crippen LogP contribution in [0.4, 0.5) is 4.79 Å². The van der Waals surface area contributed by atoms with Crippen molar-refractivity contribution in [3.63, 3.8) is 0 Å². The molecule has 1 aliphatic rings. The summed E-state index contributed by atoms with van der Waals surface area (Å²) in [5.74, 6) is -0.0228. The first-order valence-corrected chi connectivity index (χ1v) is 6.32. The van der Waals surface area contributed by atoms with Crippen LogP contribution in [0.3, 0.4) is 0 Å². The smallest absolute Gasteiger partial charge is 0.411 e. The molecule has 1 atom stereocenters. The van der Waals surface area contributed by atoms with Gasteiger partial charge in [-0.1, -0.05) is 26.0 Å². The van der Waals surface area contributed by atoms with Gasteiger partial charge in [-0.25, -0.2) is 4.79 Å².